The average molecular weight is 350 g/mol. The molecule has 8 heteroatoms. The van der Waals surface area contributed by atoms with Crippen LogP contribution in [0.4, 0.5) is 0 Å². The highest BCUT2D eigenvalue weighted by molar-refractivity contribution is 7.23. The molecule has 1 N–H and O–H groups in total. The number of hydrogen-bond donors (Lipinski definition) is 1. The topological polar surface area (TPSA) is 71.3 Å². The van der Waals surface area contributed by atoms with Crippen molar-refractivity contribution in [3.63, 3.8) is 0 Å². The van der Waals surface area contributed by atoms with Crippen molar-refractivity contribution in [3.05, 3.63) is 58.5 Å². The fourth-order valence-corrected chi connectivity index (χ4v) is 4.24. The highest BCUT2D eigenvalue weighted by Gasteiger charge is 2.13. The maximum absolute atomic E-state index is 8.43. The molecule has 0 fully saturated rings. The summed E-state index contributed by atoms with van der Waals surface area (Å²) < 4.78 is 4.26. The summed E-state index contributed by atoms with van der Waals surface area (Å²) in [7, 11) is 0. The number of aromatic nitrogens is 4. The maximum atomic E-state index is 8.43. The minimum absolute atomic E-state index is 0.312. The van der Waals surface area contributed by atoms with Gasteiger partial charge in [0.1, 0.15) is 11.0 Å². The van der Waals surface area contributed by atoms with E-state index in [4.69, 9.17) is 5.41 Å². The molecule has 0 saturated heterocycles. The quantitative estimate of drug-likeness (QED) is 0.496. The third kappa shape index (κ3) is 1.93. The molecule has 0 spiro atoms. The number of para-hydroxylation sites is 2. The van der Waals surface area contributed by atoms with Crippen LogP contribution in [0.15, 0.2) is 53.2 Å². The van der Waals surface area contributed by atoms with E-state index in [-0.39, 0.29) is 0 Å². The lowest BCUT2D eigenvalue weighted by Crippen LogP contribution is -2.16. The SMILES string of the molecule is N=c1c2sc3nc4ccccc4n3c2ncn1/N=C\c1cccs1. The summed E-state index contributed by atoms with van der Waals surface area (Å²) >= 11 is 3.06. The van der Waals surface area contributed by atoms with E-state index in [1.807, 2.05) is 46.2 Å². The number of nitrogens with one attached hydrogen (secondary N) is 1. The van der Waals surface area contributed by atoms with Crippen LogP contribution < -0.4 is 5.49 Å². The van der Waals surface area contributed by atoms with Crippen molar-refractivity contribution in [2.75, 3.05) is 0 Å². The van der Waals surface area contributed by atoms with Gasteiger partial charge in [-0.15, -0.1) is 11.3 Å². The van der Waals surface area contributed by atoms with Gasteiger partial charge in [0.25, 0.3) is 0 Å². The highest BCUT2D eigenvalue weighted by Crippen LogP contribution is 2.26. The van der Waals surface area contributed by atoms with Gasteiger partial charge in [0.2, 0.25) is 0 Å². The minimum atomic E-state index is 0.312. The van der Waals surface area contributed by atoms with Gasteiger partial charge in [0.15, 0.2) is 16.1 Å². The Kier molecular flexibility index (Phi) is 2.88. The summed E-state index contributed by atoms with van der Waals surface area (Å²) in [5, 5.41) is 14.8. The van der Waals surface area contributed by atoms with Gasteiger partial charge in [-0.2, -0.15) is 5.10 Å². The molecule has 0 aliphatic heterocycles. The number of imidazole rings is 1. The van der Waals surface area contributed by atoms with Gasteiger partial charge in [-0.1, -0.05) is 29.5 Å². The third-order valence-corrected chi connectivity index (χ3v) is 5.57. The number of fused-ring (bicyclic) bond motifs is 5. The fourth-order valence-electron chi connectivity index (χ4n) is 2.63. The van der Waals surface area contributed by atoms with Crippen molar-refractivity contribution >= 4 is 55.2 Å². The van der Waals surface area contributed by atoms with Gasteiger partial charge in [0.05, 0.1) is 17.2 Å². The molecule has 5 aromatic rings. The van der Waals surface area contributed by atoms with Crippen molar-refractivity contribution in [1.29, 1.82) is 5.41 Å². The van der Waals surface area contributed by atoms with Crippen LogP contribution in [0.25, 0.3) is 26.3 Å². The Morgan fingerprint density at radius 2 is 2.08 bits per heavy atom. The third-order valence-electron chi connectivity index (χ3n) is 3.72. The number of hydrogen-bond acceptors (Lipinski definition) is 6. The lowest BCUT2D eigenvalue weighted by Gasteiger charge is -1.99. The molecule has 0 aliphatic rings. The summed E-state index contributed by atoms with van der Waals surface area (Å²) in [5.74, 6) is 0. The summed E-state index contributed by atoms with van der Waals surface area (Å²) in [6, 6.07) is 11.9. The van der Waals surface area contributed by atoms with Crippen molar-refractivity contribution in [1.82, 2.24) is 19.0 Å². The van der Waals surface area contributed by atoms with E-state index in [0.29, 0.717) is 5.49 Å². The van der Waals surface area contributed by atoms with Gasteiger partial charge in [0, 0.05) is 4.88 Å². The average Bonchev–Trinajstić information content (AvgIpc) is 3.29. The zero-order chi connectivity index (χ0) is 16.1. The highest BCUT2D eigenvalue weighted by atomic mass is 32.1. The van der Waals surface area contributed by atoms with Gasteiger partial charge in [-0.05, 0) is 23.6 Å². The van der Waals surface area contributed by atoms with Gasteiger partial charge >= 0.3 is 0 Å². The van der Waals surface area contributed by atoms with Crippen molar-refractivity contribution < 1.29 is 0 Å². The van der Waals surface area contributed by atoms with Crippen LogP contribution in [0, 0.1) is 5.41 Å². The molecule has 116 valence electrons. The van der Waals surface area contributed by atoms with E-state index in [1.54, 1.807) is 23.9 Å². The standard InChI is InChI=1S/C16H10N6S2/c17-14-13-15(18-9-21(14)19-8-10-4-3-7-23-10)22-12-6-2-1-5-11(12)20-16(22)24-13/h1-9,17H/b17-14?,19-8-. The van der Waals surface area contributed by atoms with E-state index in [9.17, 15) is 0 Å². The van der Waals surface area contributed by atoms with Gasteiger partial charge in [-0.3, -0.25) is 9.81 Å². The molecule has 0 atom stereocenters. The minimum Gasteiger partial charge on any atom is -0.281 e. The van der Waals surface area contributed by atoms with Crippen LogP contribution in [0.3, 0.4) is 0 Å². The molecular weight excluding hydrogens is 340 g/mol. The maximum Gasteiger partial charge on any atom is 0.197 e. The van der Waals surface area contributed by atoms with Crippen LogP contribution >= 0.6 is 22.7 Å². The zero-order valence-electron chi connectivity index (χ0n) is 12.2. The molecule has 4 aromatic heterocycles. The Morgan fingerprint density at radius 1 is 1.17 bits per heavy atom. The summed E-state index contributed by atoms with van der Waals surface area (Å²) in [6.07, 6.45) is 3.32. The lowest BCUT2D eigenvalue weighted by molar-refractivity contribution is 0.784. The molecule has 0 saturated carbocycles. The second kappa shape index (κ2) is 5.08. The molecule has 4 heterocycles. The first-order chi connectivity index (χ1) is 11.8. The molecular formula is C16H10N6S2. The molecule has 24 heavy (non-hydrogen) atoms. The summed E-state index contributed by atoms with van der Waals surface area (Å²) in [4.78, 5) is 11.0. The second-order valence-corrected chi connectivity index (χ2v) is 7.13. The predicted octanol–water partition coefficient (Wildman–Crippen LogP) is 3.32. The fraction of sp³-hybridized carbons (Fsp3) is 0. The van der Waals surface area contributed by atoms with E-state index in [0.717, 1.165) is 31.2 Å². The number of thiophene rings is 1. The van der Waals surface area contributed by atoms with Crippen LogP contribution in [0.2, 0.25) is 0 Å². The molecule has 5 rings (SSSR count). The first kappa shape index (κ1) is 13.6. The molecule has 0 bridgehead atoms. The van der Waals surface area contributed by atoms with E-state index in [2.05, 4.69) is 15.1 Å². The van der Waals surface area contributed by atoms with Crippen molar-refractivity contribution in [2.45, 2.75) is 0 Å². The lowest BCUT2D eigenvalue weighted by atomic mass is 10.3. The Hall–Kier alpha value is -2.84. The van der Waals surface area contributed by atoms with Crippen LogP contribution in [-0.4, -0.2) is 25.3 Å². The zero-order valence-corrected chi connectivity index (χ0v) is 13.9. The Labute approximate surface area is 143 Å². The largest absolute Gasteiger partial charge is 0.281 e. The van der Waals surface area contributed by atoms with E-state index < -0.39 is 0 Å². The molecule has 0 aliphatic carbocycles. The van der Waals surface area contributed by atoms with Crippen LogP contribution in [-0.2, 0) is 0 Å². The normalized spacial score (nSPS) is 12.2. The summed E-state index contributed by atoms with van der Waals surface area (Å²) in [5.41, 5.74) is 3.00. The van der Waals surface area contributed by atoms with Gasteiger partial charge in [-0.25, -0.2) is 14.6 Å². The van der Waals surface area contributed by atoms with E-state index >= 15 is 0 Å². The van der Waals surface area contributed by atoms with Crippen LogP contribution in [0.5, 0.6) is 0 Å². The van der Waals surface area contributed by atoms with Crippen molar-refractivity contribution in [3.8, 4) is 0 Å². The molecule has 1 aromatic carbocycles. The molecule has 6 nitrogen and oxygen atoms in total. The van der Waals surface area contributed by atoms with Crippen LogP contribution in [0.1, 0.15) is 4.88 Å². The monoisotopic (exact) mass is 350 g/mol. The summed E-state index contributed by atoms with van der Waals surface area (Å²) in [6.45, 7) is 0. The first-order valence-electron chi connectivity index (χ1n) is 7.21. The van der Waals surface area contributed by atoms with Crippen molar-refractivity contribution in [2.24, 2.45) is 5.10 Å². The Morgan fingerprint density at radius 3 is 2.96 bits per heavy atom. The number of thiazole rings is 1. The number of rotatable bonds is 2. The smallest absolute Gasteiger partial charge is 0.197 e. The number of nitrogens with zero attached hydrogens (tertiary/aromatic N) is 5. The van der Waals surface area contributed by atoms with Gasteiger partial charge < -0.3 is 0 Å². The molecule has 0 unspecified atom stereocenters. The Balaban J connectivity index is 1.75. The molecule has 0 radical (unpaired) electrons. The molecule has 0 amide bonds. The van der Waals surface area contributed by atoms with E-state index in [1.165, 1.54) is 16.0 Å². The number of benzene rings is 1. The predicted molar refractivity (Wildman–Crippen MR) is 97.0 cm³/mol. The second-order valence-electron chi connectivity index (χ2n) is 5.17. The first-order valence-corrected chi connectivity index (χ1v) is 8.91. The Bertz CT molecular complexity index is 1270.